The molecule has 1 aromatic rings. The Morgan fingerprint density at radius 2 is 1.31 bits per heavy atom. The number of benzene rings is 1. The average molecular weight is 288 g/mol. The quantitative estimate of drug-likeness (QED) is 0.619. The van der Waals surface area contributed by atoms with E-state index in [0.29, 0.717) is 0 Å². The number of nitrogens with zero attached hydrogens (tertiary/aromatic N) is 1. The Morgan fingerprint density at radius 1 is 0.938 bits per heavy atom. The number of rotatable bonds is 3. The zero-order valence-electron chi connectivity index (χ0n) is 7.63. The van der Waals surface area contributed by atoms with Gasteiger partial charge in [-0.1, -0.05) is 11.6 Å². The van der Waals surface area contributed by atoms with Crippen molar-refractivity contribution in [2.75, 3.05) is 4.44 Å². The zero-order valence-corrected chi connectivity index (χ0v) is 10.2. The van der Waals surface area contributed by atoms with Crippen LogP contribution in [0.5, 0.6) is 0 Å². The predicted molar refractivity (Wildman–Crippen MR) is 58.0 cm³/mol. The van der Waals surface area contributed by atoms with E-state index in [9.17, 15) is 9.13 Å². The van der Waals surface area contributed by atoms with Gasteiger partial charge in [0.2, 0.25) is 0 Å². The van der Waals surface area contributed by atoms with Crippen molar-refractivity contribution in [1.82, 2.24) is 0 Å². The Bertz CT molecular complexity index is 442. The van der Waals surface area contributed by atoms with Crippen LogP contribution < -0.4 is 4.44 Å². The maximum absolute atomic E-state index is 11.0. The molecule has 0 aliphatic carbocycles. The van der Waals surface area contributed by atoms with Crippen molar-refractivity contribution in [3.8, 4) is 0 Å². The van der Waals surface area contributed by atoms with E-state index >= 15 is 0 Å². The molecule has 1 aromatic carbocycles. The van der Waals surface area contributed by atoms with Crippen LogP contribution in [0.15, 0.2) is 24.3 Å². The van der Waals surface area contributed by atoms with E-state index in [0.717, 1.165) is 12.1 Å². The summed E-state index contributed by atoms with van der Waals surface area (Å²) in [4.78, 5) is 35.4. The molecule has 4 N–H and O–H groups in total. The molecule has 0 unspecified atom stereocenters. The SMILES string of the molecule is O=P(O)(O)N(c1ccc(Cl)cc1)P(=O)(O)O. The van der Waals surface area contributed by atoms with E-state index in [-0.39, 0.29) is 15.2 Å². The van der Waals surface area contributed by atoms with Crippen molar-refractivity contribution in [2.45, 2.75) is 0 Å². The molecule has 16 heavy (non-hydrogen) atoms. The lowest BCUT2D eigenvalue weighted by atomic mass is 10.3. The van der Waals surface area contributed by atoms with Crippen LogP contribution in [-0.4, -0.2) is 19.6 Å². The van der Waals surface area contributed by atoms with Crippen molar-refractivity contribution < 1.29 is 28.7 Å². The molecule has 0 aliphatic rings. The molecule has 0 bridgehead atoms. The molecule has 0 aliphatic heterocycles. The Hall–Kier alpha value is -0.390. The average Bonchev–Trinajstić information content (AvgIpc) is 2.03. The molecule has 0 atom stereocenters. The second-order valence-electron chi connectivity index (χ2n) is 2.79. The molecule has 1 rings (SSSR count). The molecule has 0 fully saturated rings. The van der Waals surface area contributed by atoms with Gasteiger partial charge in [-0.05, 0) is 24.3 Å². The number of hydrogen-bond donors (Lipinski definition) is 4. The summed E-state index contributed by atoms with van der Waals surface area (Å²) < 4.78 is 21.7. The van der Waals surface area contributed by atoms with Crippen LogP contribution in [0.4, 0.5) is 5.69 Å². The molecule has 0 heterocycles. The third-order valence-electron chi connectivity index (χ3n) is 1.55. The highest BCUT2D eigenvalue weighted by Crippen LogP contribution is 2.60. The van der Waals surface area contributed by atoms with Crippen molar-refractivity contribution in [3.63, 3.8) is 0 Å². The lowest BCUT2D eigenvalue weighted by Gasteiger charge is -2.25. The first-order valence-electron chi connectivity index (χ1n) is 3.80. The highest BCUT2D eigenvalue weighted by Gasteiger charge is 2.39. The van der Waals surface area contributed by atoms with Gasteiger partial charge < -0.3 is 19.6 Å². The van der Waals surface area contributed by atoms with Gasteiger partial charge in [-0.15, -0.1) is 0 Å². The summed E-state index contributed by atoms with van der Waals surface area (Å²) in [6.45, 7) is 0. The fourth-order valence-corrected chi connectivity index (χ4v) is 3.24. The van der Waals surface area contributed by atoms with Crippen molar-refractivity contribution in [3.05, 3.63) is 29.3 Å². The fourth-order valence-electron chi connectivity index (χ4n) is 1.03. The second-order valence-corrected chi connectivity index (χ2v) is 6.40. The fraction of sp³-hybridized carbons (Fsp3) is 0. The first kappa shape index (κ1) is 13.7. The smallest absolute Gasteiger partial charge is 0.308 e. The summed E-state index contributed by atoms with van der Waals surface area (Å²) in [5, 5.41) is 0.278. The third kappa shape index (κ3) is 3.30. The lowest BCUT2D eigenvalue weighted by molar-refractivity contribution is 0.350. The summed E-state index contributed by atoms with van der Waals surface area (Å²) in [7, 11) is -10.2. The van der Waals surface area contributed by atoms with Crippen LogP contribution in [0.3, 0.4) is 0 Å². The van der Waals surface area contributed by atoms with Crippen molar-refractivity contribution in [2.24, 2.45) is 0 Å². The van der Waals surface area contributed by atoms with E-state index in [2.05, 4.69) is 0 Å². The van der Waals surface area contributed by atoms with E-state index in [1.807, 2.05) is 0 Å². The monoisotopic (exact) mass is 287 g/mol. The second kappa shape index (κ2) is 4.47. The highest BCUT2D eigenvalue weighted by atomic mass is 35.5. The normalized spacial score (nSPS) is 12.6. The molecule has 0 radical (unpaired) electrons. The largest absolute Gasteiger partial charge is 0.439 e. The molecule has 0 spiro atoms. The van der Waals surface area contributed by atoms with Crippen LogP contribution in [0.1, 0.15) is 0 Å². The molecular weight excluding hydrogens is 279 g/mol. The van der Waals surface area contributed by atoms with E-state index < -0.39 is 15.5 Å². The highest BCUT2D eigenvalue weighted by molar-refractivity contribution is 7.72. The molecule has 90 valence electrons. The van der Waals surface area contributed by atoms with Crippen LogP contribution >= 0.6 is 27.1 Å². The third-order valence-corrected chi connectivity index (χ3v) is 4.65. The minimum Gasteiger partial charge on any atom is -0.308 e. The van der Waals surface area contributed by atoms with E-state index in [4.69, 9.17) is 31.2 Å². The Labute approximate surface area is 95.7 Å². The Morgan fingerprint density at radius 3 is 1.62 bits per heavy atom. The van der Waals surface area contributed by atoms with Gasteiger partial charge in [0.15, 0.2) is 0 Å². The summed E-state index contributed by atoms with van der Waals surface area (Å²) >= 11 is 5.54. The molecule has 0 saturated heterocycles. The van der Waals surface area contributed by atoms with Gasteiger partial charge in [-0.25, -0.2) is 9.13 Å². The minimum absolute atomic E-state index is 0.254. The standard InChI is InChI=1S/C6H8ClNO6P2/c7-5-1-3-6(4-2-5)8(15(9,10)11)16(12,13)14/h1-4H,(H2,9,10,11)(H2,12,13,14). The maximum atomic E-state index is 11.0. The molecular formula is C6H8ClNO6P2. The number of anilines is 1. The van der Waals surface area contributed by atoms with Crippen LogP contribution in [0.25, 0.3) is 0 Å². The van der Waals surface area contributed by atoms with Gasteiger partial charge in [0, 0.05) is 5.02 Å². The summed E-state index contributed by atoms with van der Waals surface area (Å²) in [5.74, 6) is 0. The van der Waals surface area contributed by atoms with Crippen LogP contribution in [0.2, 0.25) is 5.02 Å². The maximum Gasteiger partial charge on any atom is 0.439 e. The first-order valence-corrected chi connectivity index (χ1v) is 7.31. The first-order chi connectivity index (χ1) is 7.12. The summed E-state index contributed by atoms with van der Waals surface area (Å²) in [5.41, 5.74) is -0.314. The van der Waals surface area contributed by atoms with E-state index in [1.54, 1.807) is 0 Å². The molecule has 10 heteroatoms. The van der Waals surface area contributed by atoms with Gasteiger partial charge in [0.05, 0.1) is 5.69 Å². The van der Waals surface area contributed by atoms with Gasteiger partial charge in [-0.2, -0.15) is 4.44 Å². The number of hydrogen-bond acceptors (Lipinski definition) is 2. The Kier molecular flexibility index (Phi) is 3.82. The van der Waals surface area contributed by atoms with Crippen molar-refractivity contribution in [1.29, 1.82) is 0 Å². The van der Waals surface area contributed by atoms with Gasteiger partial charge in [0.25, 0.3) is 0 Å². The van der Waals surface area contributed by atoms with Crippen LogP contribution in [0, 0.1) is 0 Å². The van der Waals surface area contributed by atoms with E-state index in [1.165, 1.54) is 12.1 Å². The summed E-state index contributed by atoms with van der Waals surface area (Å²) in [6.07, 6.45) is 0. The minimum atomic E-state index is -5.11. The van der Waals surface area contributed by atoms with Gasteiger partial charge in [0.1, 0.15) is 0 Å². The predicted octanol–water partition coefficient (Wildman–Crippen LogP) is 1.33. The number of halogens is 1. The summed E-state index contributed by atoms with van der Waals surface area (Å²) in [6, 6.07) is 4.71. The zero-order chi connectivity index (χ0) is 12.6. The lowest BCUT2D eigenvalue weighted by Crippen LogP contribution is -2.15. The topological polar surface area (TPSA) is 118 Å². The molecule has 0 amide bonds. The molecule has 0 aromatic heterocycles. The Balaban J connectivity index is 3.29. The van der Waals surface area contributed by atoms with Gasteiger partial charge >= 0.3 is 15.5 Å². The van der Waals surface area contributed by atoms with Crippen LogP contribution in [-0.2, 0) is 9.13 Å². The molecule has 7 nitrogen and oxygen atoms in total. The van der Waals surface area contributed by atoms with Gasteiger partial charge in [-0.3, -0.25) is 0 Å². The van der Waals surface area contributed by atoms with Crippen molar-refractivity contribution >= 4 is 32.8 Å². The molecule has 0 saturated carbocycles.